The van der Waals surface area contributed by atoms with Gasteiger partial charge < -0.3 is 5.11 Å². The van der Waals surface area contributed by atoms with E-state index in [1.165, 1.54) is 17.7 Å². The first-order valence-corrected chi connectivity index (χ1v) is 6.24. The minimum absolute atomic E-state index is 0.185. The fraction of sp³-hybridized carbons (Fsp3) is 0.636. The average Bonchev–Trinajstić information content (AvgIpc) is 2.66. The van der Waals surface area contributed by atoms with Crippen LogP contribution in [0.5, 0.6) is 0 Å². The largest absolute Gasteiger partial charge is 0.392 e. The van der Waals surface area contributed by atoms with Crippen LogP contribution in [-0.4, -0.2) is 26.4 Å². The first kappa shape index (κ1) is 10.9. The van der Waals surface area contributed by atoms with Crippen LogP contribution in [0.1, 0.15) is 31.5 Å². The Morgan fingerprint density at radius 3 is 2.87 bits per heavy atom. The molecule has 3 nitrogen and oxygen atoms in total. The van der Waals surface area contributed by atoms with Crippen LogP contribution in [0, 0.1) is 0 Å². The molecule has 0 aliphatic heterocycles. The lowest BCUT2D eigenvalue weighted by Crippen LogP contribution is -2.15. The molecule has 1 N–H and O–H groups in total. The molecular weight excluding hydrogens is 208 g/mol. The minimum atomic E-state index is -0.304. The van der Waals surface area contributed by atoms with Crippen LogP contribution in [0.2, 0.25) is 0 Å². The van der Waals surface area contributed by atoms with Crippen LogP contribution in [0.25, 0.3) is 0 Å². The molecule has 82 valence electrons. The molecule has 1 aromatic rings. The highest BCUT2D eigenvalue weighted by atomic mass is 32.2. The Bertz CT molecular complexity index is 354. The summed E-state index contributed by atoms with van der Waals surface area (Å²) in [5.41, 5.74) is 2.50. The van der Waals surface area contributed by atoms with Gasteiger partial charge in [-0.2, -0.15) is 0 Å². The van der Waals surface area contributed by atoms with Gasteiger partial charge in [-0.3, -0.25) is 0 Å². The van der Waals surface area contributed by atoms with Crippen LogP contribution in [0.15, 0.2) is 11.4 Å². The smallest absolute Gasteiger partial charge is 0.116 e. The van der Waals surface area contributed by atoms with Gasteiger partial charge in [0.05, 0.1) is 6.10 Å². The second kappa shape index (κ2) is 4.49. The number of nitrogens with zero attached hydrogens (tertiary/aromatic N) is 2. The Morgan fingerprint density at radius 1 is 1.33 bits per heavy atom. The van der Waals surface area contributed by atoms with E-state index in [4.69, 9.17) is 0 Å². The van der Waals surface area contributed by atoms with Gasteiger partial charge in [-0.15, -0.1) is 11.8 Å². The van der Waals surface area contributed by atoms with E-state index in [1.54, 1.807) is 18.1 Å². The van der Waals surface area contributed by atoms with E-state index < -0.39 is 0 Å². The molecule has 0 saturated carbocycles. The summed E-state index contributed by atoms with van der Waals surface area (Å²) < 4.78 is 0. The summed E-state index contributed by atoms with van der Waals surface area (Å²) in [7, 11) is 0. The van der Waals surface area contributed by atoms with Crippen LogP contribution in [0.3, 0.4) is 0 Å². The lowest BCUT2D eigenvalue weighted by molar-refractivity contribution is 0.196. The normalized spacial score (nSPS) is 18.6. The number of aromatic nitrogens is 2. The van der Waals surface area contributed by atoms with Crippen molar-refractivity contribution in [1.82, 2.24) is 9.97 Å². The molecule has 2 unspecified atom stereocenters. The van der Waals surface area contributed by atoms with Gasteiger partial charge in [0, 0.05) is 16.5 Å². The van der Waals surface area contributed by atoms with E-state index in [-0.39, 0.29) is 11.4 Å². The lowest BCUT2D eigenvalue weighted by atomic mass is 10.3. The zero-order valence-electron chi connectivity index (χ0n) is 9.10. The van der Waals surface area contributed by atoms with Crippen molar-refractivity contribution in [3.05, 3.63) is 17.6 Å². The monoisotopic (exact) mass is 224 g/mol. The summed E-state index contributed by atoms with van der Waals surface area (Å²) in [6, 6.07) is 0. The van der Waals surface area contributed by atoms with E-state index in [1.807, 2.05) is 13.8 Å². The molecule has 2 rings (SSSR count). The van der Waals surface area contributed by atoms with Crippen molar-refractivity contribution in [2.24, 2.45) is 0 Å². The zero-order chi connectivity index (χ0) is 10.8. The number of fused-ring (bicyclic) bond motifs is 1. The van der Waals surface area contributed by atoms with Crippen molar-refractivity contribution in [2.75, 3.05) is 0 Å². The van der Waals surface area contributed by atoms with Gasteiger partial charge in [-0.05, 0) is 26.2 Å². The molecule has 1 aliphatic carbocycles. The fourth-order valence-electron chi connectivity index (χ4n) is 1.71. The number of hydrogen-bond donors (Lipinski definition) is 1. The summed E-state index contributed by atoms with van der Waals surface area (Å²) in [6.07, 6.45) is 4.69. The van der Waals surface area contributed by atoms with Crippen molar-refractivity contribution in [3.8, 4) is 0 Å². The summed E-state index contributed by atoms with van der Waals surface area (Å²) in [4.78, 5) is 8.60. The minimum Gasteiger partial charge on any atom is -0.392 e. The summed E-state index contributed by atoms with van der Waals surface area (Å²) in [5.74, 6) is 0. The summed E-state index contributed by atoms with van der Waals surface area (Å²) in [5, 5.41) is 10.7. The highest BCUT2D eigenvalue weighted by molar-refractivity contribution is 7.99. The Kier molecular flexibility index (Phi) is 3.26. The maximum Gasteiger partial charge on any atom is 0.116 e. The molecule has 0 saturated heterocycles. The van der Waals surface area contributed by atoms with Gasteiger partial charge >= 0.3 is 0 Å². The maximum atomic E-state index is 9.47. The number of aryl methyl sites for hydroxylation is 1. The Morgan fingerprint density at radius 2 is 2.13 bits per heavy atom. The quantitative estimate of drug-likeness (QED) is 0.628. The van der Waals surface area contributed by atoms with Gasteiger partial charge in [0.25, 0.3) is 0 Å². The van der Waals surface area contributed by atoms with E-state index in [2.05, 4.69) is 9.97 Å². The average molecular weight is 224 g/mol. The van der Waals surface area contributed by atoms with Crippen LogP contribution in [0.4, 0.5) is 0 Å². The van der Waals surface area contributed by atoms with Crippen molar-refractivity contribution in [2.45, 2.75) is 49.5 Å². The van der Waals surface area contributed by atoms with E-state index in [0.717, 1.165) is 17.9 Å². The standard InChI is InChI=1S/C11H16N2OS/c1-7(14)8(2)15-11-9-4-3-5-10(9)12-6-13-11/h6-8,14H,3-5H2,1-2H3. The molecule has 1 aliphatic rings. The van der Waals surface area contributed by atoms with Gasteiger partial charge in [0.2, 0.25) is 0 Å². The van der Waals surface area contributed by atoms with Crippen LogP contribution >= 0.6 is 11.8 Å². The first-order chi connectivity index (χ1) is 7.18. The van der Waals surface area contributed by atoms with Crippen molar-refractivity contribution >= 4 is 11.8 Å². The van der Waals surface area contributed by atoms with Crippen molar-refractivity contribution < 1.29 is 5.11 Å². The van der Waals surface area contributed by atoms with Gasteiger partial charge in [0.15, 0.2) is 0 Å². The zero-order valence-corrected chi connectivity index (χ0v) is 9.92. The molecule has 0 amide bonds. The molecule has 2 atom stereocenters. The molecule has 0 aromatic carbocycles. The van der Waals surface area contributed by atoms with Crippen LogP contribution < -0.4 is 0 Å². The SMILES string of the molecule is CC(O)C(C)Sc1ncnc2c1CCC2. The molecule has 1 aromatic heterocycles. The Balaban J connectivity index is 2.19. The number of aliphatic hydroxyl groups is 1. The van der Waals surface area contributed by atoms with E-state index in [9.17, 15) is 5.11 Å². The Labute approximate surface area is 94.3 Å². The fourth-order valence-corrected chi connectivity index (χ4v) is 2.72. The Hall–Kier alpha value is -0.610. The number of rotatable bonds is 3. The predicted octanol–water partition coefficient (Wildman–Crippen LogP) is 1.83. The lowest BCUT2D eigenvalue weighted by Gasteiger charge is -2.14. The molecule has 0 bridgehead atoms. The predicted molar refractivity (Wildman–Crippen MR) is 61.1 cm³/mol. The third-order valence-corrected chi connectivity index (χ3v) is 4.15. The topological polar surface area (TPSA) is 46.0 Å². The van der Waals surface area contributed by atoms with Crippen molar-refractivity contribution in [3.63, 3.8) is 0 Å². The highest BCUT2D eigenvalue weighted by Gasteiger charge is 2.20. The molecular formula is C11H16N2OS. The highest BCUT2D eigenvalue weighted by Crippen LogP contribution is 2.31. The van der Waals surface area contributed by atoms with Gasteiger partial charge in [0.1, 0.15) is 11.4 Å². The van der Waals surface area contributed by atoms with Crippen LogP contribution in [-0.2, 0) is 12.8 Å². The molecule has 1 heterocycles. The van der Waals surface area contributed by atoms with Crippen molar-refractivity contribution in [1.29, 1.82) is 0 Å². The van der Waals surface area contributed by atoms with E-state index >= 15 is 0 Å². The third-order valence-electron chi connectivity index (χ3n) is 2.81. The van der Waals surface area contributed by atoms with Gasteiger partial charge in [-0.1, -0.05) is 6.92 Å². The second-order valence-electron chi connectivity index (χ2n) is 4.02. The molecule has 15 heavy (non-hydrogen) atoms. The maximum absolute atomic E-state index is 9.47. The molecule has 0 radical (unpaired) electrons. The molecule has 0 spiro atoms. The third kappa shape index (κ3) is 2.32. The summed E-state index contributed by atoms with van der Waals surface area (Å²) >= 11 is 1.66. The number of hydrogen-bond acceptors (Lipinski definition) is 4. The second-order valence-corrected chi connectivity index (χ2v) is 5.39. The molecule has 4 heteroatoms. The first-order valence-electron chi connectivity index (χ1n) is 5.36. The summed E-state index contributed by atoms with van der Waals surface area (Å²) in [6.45, 7) is 3.85. The molecule has 0 fully saturated rings. The van der Waals surface area contributed by atoms with Gasteiger partial charge in [-0.25, -0.2) is 9.97 Å². The van der Waals surface area contributed by atoms with E-state index in [0.29, 0.717) is 0 Å². The number of aliphatic hydroxyl groups excluding tert-OH is 1. The number of thioether (sulfide) groups is 1.